The number of imidazole rings is 1. The molecule has 1 saturated heterocycles. The van der Waals surface area contributed by atoms with Gasteiger partial charge >= 0.3 is 0 Å². The second kappa shape index (κ2) is 6.05. The molecule has 23 heavy (non-hydrogen) atoms. The van der Waals surface area contributed by atoms with Gasteiger partial charge < -0.3 is 9.32 Å². The fraction of sp³-hybridized carbons (Fsp3) is 0.375. The highest BCUT2D eigenvalue weighted by Gasteiger charge is 2.30. The molecule has 1 fully saturated rings. The monoisotopic (exact) mass is 347 g/mol. The summed E-state index contributed by atoms with van der Waals surface area (Å²) >= 11 is 3.45. The molecule has 4 rings (SSSR count). The number of fused-ring (bicyclic) bond motifs is 1. The van der Waals surface area contributed by atoms with Crippen LogP contribution in [0.25, 0.3) is 4.96 Å². The molecular formula is C16H17N3O2S2. The summed E-state index contributed by atoms with van der Waals surface area (Å²) < 4.78 is 7.73. The van der Waals surface area contributed by atoms with Crippen LogP contribution in [0, 0.1) is 6.92 Å². The number of thiazole rings is 1. The van der Waals surface area contributed by atoms with E-state index in [0.29, 0.717) is 6.42 Å². The zero-order valence-corrected chi connectivity index (χ0v) is 14.4. The second-order valence-electron chi connectivity index (χ2n) is 5.63. The lowest BCUT2D eigenvalue weighted by Crippen LogP contribution is -2.41. The maximum Gasteiger partial charge on any atom is 0.229 e. The number of hydrogen-bond acceptors (Lipinski definition) is 5. The molecule has 120 valence electrons. The standard InChI is InChI=1S/C16H17N3O2S2/c1-11-2-3-14(21-11)13-10-22-6-5-19(13)15(20)8-12-9-18-4-7-23-16(18)17-12/h2-4,7,9,13H,5-6,8,10H2,1H3. The topological polar surface area (TPSA) is 50.8 Å². The number of aromatic nitrogens is 2. The quantitative estimate of drug-likeness (QED) is 0.730. The van der Waals surface area contributed by atoms with Crippen molar-refractivity contribution in [1.29, 1.82) is 0 Å². The van der Waals surface area contributed by atoms with Crippen molar-refractivity contribution in [3.05, 3.63) is 47.1 Å². The van der Waals surface area contributed by atoms with Crippen LogP contribution in [0.3, 0.4) is 0 Å². The lowest BCUT2D eigenvalue weighted by Gasteiger charge is -2.34. The van der Waals surface area contributed by atoms with Crippen molar-refractivity contribution in [2.24, 2.45) is 0 Å². The Labute approximate surface area is 142 Å². The molecule has 1 aliphatic heterocycles. The molecule has 0 N–H and O–H groups in total. The minimum atomic E-state index is 0.0266. The van der Waals surface area contributed by atoms with Crippen LogP contribution < -0.4 is 0 Å². The fourth-order valence-corrected chi connectivity index (χ4v) is 4.67. The van der Waals surface area contributed by atoms with Crippen LogP contribution in [0.1, 0.15) is 23.3 Å². The number of nitrogens with zero attached hydrogens (tertiary/aromatic N) is 3. The van der Waals surface area contributed by atoms with E-state index < -0.39 is 0 Å². The number of carbonyl (C=O) groups excluding carboxylic acids is 1. The van der Waals surface area contributed by atoms with Crippen LogP contribution in [-0.2, 0) is 11.2 Å². The van der Waals surface area contributed by atoms with E-state index in [4.69, 9.17) is 4.42 Å². The first-order valence-corrected chi connectivity index (χ1v) is 9.59. The molecule has 1 atom stereocenters. The summed E-state index contributed by atoms with van der Waals surface area (Å²) in [5.41, 5.74) is 0.828. The molecule has 3 aromatic rings. The molecule has 3 aromatic heterocycles. The molecule has 0 aromatic carbocycles. The van der Waals surface area contributed by atoms with E-state index in [1.54, 1.807) is 11.3 Å². The Bertz CT molecular complexity index is 807. The van der Waals surface area contributed by atoms with Crippen LogP contribution in [0.2, 0.25) is 0 Å². The van der Waals surface area contributed by atoms with E-state index in [0.717, 1.165) is 40.2 Å². The van der Waals surface area contributed by atoms with Gasteiger partial charge in [0.1, 0.15) is 11.5 Å². The number of thioether (sulfide) groups is 1. The SMILES string of the molecule is Cc1ccc(C2CSCCN2C(=O)Cc2cn3ccsc3n2)o1. The van der Waals surface area contributed by atoms with Crippen molar-refractivity contribution in [1.82, 2.24) is 14.3 Å². The van der Waals surface area contributed by atoms with E-state index in [2.05, 4.69) is 4.98 Å². The zero-order chi connectivity index (χ0) is 15.8. The van der Waals surface area contributed by atoms with Gasteiger partial charge in [0.05, 0.1) is 18.2 Å². The molecule has 0 saturated carbocycles. The summed E-state index contributed by atoms with van der Waals surface area (Å²) in [6.45, 7) is 2.69. The number of amides is 1. The Kier molecular flexibility index (Phi) is 3.90. The van der Waals surface area contributed by atoms with Gasteiger partial charge in [0.2, 0.25) is 5.91 Å². The first kappa shape index (κ1) is 14.8. The van der Waals surface area contributed by atoms with Gasteiger partial charge in [-0.05, 0) is 19.1 Å². The molecule has 0 bridgehead atoms. The largest absolute Gasteiger partial charge is 0.464 e. The van der Waals surface area contributed by atoms with Crippen LogP contribution in [0.5, 0.6) is 0 Å². The lowest BCUT2D eigenvalue weighted by atomic mass is 10.2. The average molecular weight is 347 g/mol. The van der Waals surface area contributed by atoms with E-state index in [1.807, 2.05) is 57.9 Å². The number of carbonyl (C=O) groups is 1. The number of furan rings is 1. The first-order valence-electron chi connectivity index (χ1n) is 7.55. The maximum atomic E-state index is 12.8. The maximum absolute atomic E-state index is 12.8. The highest BCUT2D eigenvalue weighted by molar-refractivity contribution is 7.99. The highest BCUT2D eigenvalue weighted by Crippen LogP contribution is 2.31. The summed E-state index contributed by atoms with van der Waals surface area (Å²) in [5.74, 6) is 3.75. The molecule has 1 amide bonds. The Morgan fingerprint density at radius 1 is 1.48 bits per heavy atom. The molecule has 4 heterocycles. The summed E-state index contributed by atoms with van der Waals surface area (Å²) in [6.07, 6.45) is 4.25. The van der Waals surface area contributed by atoms with Crippen molar-refractivity contribution in [3.8, 4) is 0 Å². The molecule has 0 aliphatic carbocycles. The second-order valence-corrected chi connectivity index (χ2v) is 7.65. The Morgan fingerprint density at radius 3 is 3.17 bits per heavy atom. The number of rotatable bonds is 3. The van der Waals surface area contributed by atoms with Gasteiger partial charge in [0, 0.05) is 35.8 Å². The summed E-state index contributed by atoms with van der Waals surface area (Å²) in [4.78, 5) is 20.2. The van der Waals surface area contributed by atoms with E-state index in [1.165, 1.54) is 0 Å². The van der Waals surface area contributed by atoms with Crippen molar-refractivity contribution in [2.75, 3.05) is 18.1 Å². The first-order chi connectivity index (χ1) is 11.2. The van der Waals surface area contributed by atoms with Gasteiger partial charge in [-0.25, -0.2) is 4.98 Å². The van der Waals surface area contributed by atoms with Gasteiger partial charge in [0.15, 0.2) is 4.96 Å². The minimum Gasteiger partial charge on any atom is -0.464 e. The summed E-state index contributed by atoms with van der Waals surface area (Å²) in [7, 11) is 0. The summed E-state index contributed by atoms with van der Waals surface area (Å²) in [5, 5.41) is 1.99. The highest BCUT2D eigenvalue weighted by atomic mass is 32.2. The van der Waals surface area contributed by atoms with Gasteiger partial charge in [0.25, 0.3) is 0 Å². The third-order valence-corrected chi connectivity index (χ3v) is 5.81. The van der Waals surface area contributed by atoms with Crippen molar-refractivity contribution >= 4 is 34.0 Å². The number of aryl methyl sites for hydroxylation is 1. The van der Waals surface area contributed by atoms with E-state index >= 15 is 0 Å². The lowest BCUT2D eigenvalue weighted by molar-refractivity contribution is -0.132. The smallest absolute Gasteiger partial charge is 0.229 e. The van der Waals surface area contributed by atoms with Crippen LogP contribution in [0.15, 0.2) is 34.3 Å². The summed E-state index contributed by atoms with van der Waals surface area (Å²) in [6, 6.07) is 3.97. The Morgan fingerprint density at radius 2 is 2.39 bits per heavy atom. The molecule has 5 nitrogen and oxygen atoms in total. The Balaban J connectivity index is 1.54. The molecule has 0 radical (unpaired) electrons. The van der Waals surface area contributed by atoms with Crippen LogP contribution in [0.4, 0.5) is 0 Å². The minimum absolute atomic E-state index is 0.0266. The van der Waals surface area contributed by atoms with Crippen molar-refractivity contribution in [2.45, 2.75) is 19.4 Å². The molecule has 1 unspecified atom stereocenters. The van der Waals surface area contributed by atoms with E-state index in [-0.39, 0.29) is 11.9 Å². The van der Waals surface area contributed by atoms with Crippen LogP contribution >= 0.6 is 23.1 Å². The third kappa shape index (κ3) is 2.90. The van der Waals surface area contributed by atoms with Crippen LogP contribution in [-0.4, -0.2) is 38.2 Å². The molecule has 7 heteroatoms. The predicted molar refractivity (Wildman–Crippen MR) is 92.0 cm³/mol. The van der Waals surface area contributed by atoms with E-state index in [9.17, 15) is 4.79 Å². The van der Waals surface area contributed by atoms with Gasteiger partial charge in [-0.1, -0.05) is 0 Å². The predicted octanol–water partition coefficient (Wildman–Crippen LogP) is 3.16. The normalized spacial score (nSPS) is 18.7. The zero-order valence-electron chi connectivity index (χ0n) is 12.8. The fourth-order valence-electron chi connectivity index (χ4n) is 2.89. The third-order valence-electron chi connectivity index (χ3n) is 4.01. The Hall–Kier alpha value is -1.73. The number of hydrogen-bond donors (Lipinski definition) is 0. The molecule has 0 spiro atoms. The molecule has 1 aliphatic rings. The average Bonchev–Trinajstić information content (AvgIpc) is 3.23. The van der Waals surface area contributed by atoms with Gasteiger partial charge in [-0.2, -0.15) is 11.8 Å². The molecular weight excluding hydrogens is 330 g/mol. The van der Waals surface area contributed by atoms with Gasteiger partial charge in [-0.15, -0.1) is 11.3 Å². The van der Waals surface area contributed by atoms with Gasteiger partial charge in [-0.3, -0.25) is 9.20 Å². The van der Waals surface area contributed by atoms with Crippen molar-refractivity contribution in [3.63, 3.8) is 0 Å². The van der Waals surface area contributed by atoms with Crippen molar-refractivity contribution < 1.29 is 9.21 Å².